The molecule has 1 amide bonds. The fourth-order valence-corrected chi connectivity index (χ4v) is 2.75. The molecule has 1 N–H and O–H groups in total. The minimum Gasteiger partial charge on any atom is -0.481 e. The molecule has 1 heterocycles. The van der Waals surface area contributed by atoms with Gasteiger partial charge in [0.15, 0.2) is 5.13 Å². The first-order chi connectivity index (χ1) is 10.3. The SMILES string of the molecule is CC(C)(C)OC(=O)N(CCC(=O)O)c1nc2ccccc2s1. The molecule has 1 aromatic carbocycles. The molecule has 118 valence electrons. The summed E-state index contributed by atoms with van der Waals surface area (Å²) in [6.07, 6.45) is -0.761. The lowest BCUT2D eigenvalue weighted by Gasteiger charge is -2.25. The maximum atomic E-state index is 12.3. The molecule has 0 saturated carbocycles. The third-order valence-corrected chi connectivity index (χ3v) is 3.74. The summed E-state index contributed by atoms with van der Waals surface area (Å²) in [6, 6.07) is 7.50. The van der Waals surface area contributed by atoms with Crippen LogP contribution in [-0.4, -0.2) is 34.3 Å². The van der Waals surface area contributed by atoms with Crippen molar-refractivity contribution in [1.29, 1.82) is 0 Å². The summed E-state index contributed by atoms with van der Waals surface area (Å²) < 4.78 is 6.28. The highest BCUT2D eigenvalue weighted by atomic mass is 32.1. The topological polar surface area (TPSA) is 79.7 Å². The lowest BCUT2D eigenvalue weighted by atomic mass is 10.2. The van der Waals surface area contributed by atoms with Gasteiger partial charge in [0.1, 0.15) is 5.60 Å². The number of aromatic nitrogens is 1. The highest BCUT2D eigenvalue weighted by molar-refractivity contribution is 7.22. The molecule has 0 fully saturated rings. The van der Waals surface area contributed by atoms with E-state index in [2.05, 4.69) is 4.98 Å². The van der Waals surface area contributed by atoms with E-state index in [1.807, 2.05) is 24.3 Å². The van der Waals surface area contributed by atoms with Gasteiger partial charge in [0, 0.05) is 6.54 Å². The third-order valence-electron chi connectivity index (χ3n) is 2.68. The molecule has 0 aliphatic heterocycles. The van der Waals surface area contributed by atoms with E-state index >= 15 is 0 Å². The molecule has 0 atom stereocenters. The number of carboxylic acids is 1. The van der Waals surface area contributed by atoms with Crippen LogP contribution in [0.2, 0.25) is 0 Å². The number of amides is 1. The van der Waals surface area contributed by atoms with E-state index in [0.29, 0.717) is 5.13 Å². The van der Waals surface area contributed by atoms with Gasteiger partial charge in [-0.15, -0.1) is 0 Å². The summed E-state index contributed by atoms with van der Waals surface area (Å²) in [5.74, 6) is -0.977. The first-order valence-corrected chi connectivity index (χ1v) is 7.66. The minimum atomic E-state index is -0.977. The standard InChI is InChI=1S/C15H18N2O4S/c1-15(2,3)21-14(20)17(9-8-12(18)19)13-16-10-6-4-5-7-11(10)22-13/h4-7H,8-9H2,1-3H3,(H,18,19). The second-order valence-corrected chi connectivity index (χ2v) is 6.75. The number of carboxylic acid groups (broad SMARTS) is 1. The Hall–Kier alpha value is -2.15. The van der Waals surface area contributed by atoms with E-state index in [9.17, 15) is 9.59 Å². The van der Waals surface area contributed by atoms with Gasteiger partial charge in [-0.05, 0) is 32.9 Å². The molecule has 7 heteroatoms. The average Bonchev–Trinajstić information content (AvgIpc) is 2.79. The van der Waals surface area contributed by atoms with Gasteiger partial charge in [0.2, 0.25) is 0 Å². The van der Waals surface area contributed by atoms with Crippen molar-refractivity contribution < 1.29 is 19.4 Å². The van der Waals surface area contributed by atoms with E-state index in [-0.39, 0.29) is 13.0 Å². The zero-order valence-corrected chi connectivity index (χ0v) is 13.5. The molecule has 0 saturated heterocycles. The Labute approximate surface area is 132 Å². The quantitative estimate of drug-likeness (QED) is 0.931. The summed E-state index contributed by atoms with van der Waals surface area (Å²) in [5.41, 5.74) is 0.112. The van der Waals surface area contributed by atoms with E-state index in [1.165, 1.54) is 16.2 Å². The summed E-state index contributed by atoms with van der Waals surface area (Å²) >= 11 is 1.33. The van der Waals surface area contributed by atoms with Crippen molar-refractivity contribution in [2.75, 3.05) is 11.4 Å². The number of rotatable bonds is 4. The van der Waals surface area contributed by atoms with Gasteiger partial charge >= 0.3 is 12.1 Å². The molecule has 0 radical (unpaired) electrons. The van der Waals surface area contributed by atoms with Crippen LogP contribution in [-0.2, 0) is 9.53 Å². The predicted octanol–water partition coefficient (Wildman–Crippen LogP) is 3.51. The monoisotopic (exact) mass is 322 g/mol. The molecule has 1 aromatic heterocycles. The van der Waals surface area contributed by atoms with Crippen LogP contribution in [0, 0.1) is 0 Å². The number of carbonyl (C=O) groups is 2. The summed E-state index contributed by atoms with van der Waals surface area (Å²) in [4.78, 5) is 28.8. The number of carbonyl (C=O) groups excluding carboxylic acids is 1. The van der Waals surface area contributed by atoms with Gasteiger partial charge in [0.25, 0.3) is 0 Å². The molecule has 0 bridgehead atoms. The Morgan fingerprint density at radius 3 is 2.59 bits per heavy atom. The van der Waals surface area contributed by atoms with Crippen molar-refractivity contribution in [2.45, 2.75) is 32.8 Å². The van der Waals surface area contributed by atoms with Crippen molar-refractivity contribution >= 4 is 38.7 Å². The number of fused-ring (bicyclic) bond motifs is 1. The summed E-state index contributed by atoms with van der Waals surface area (Å²) in [6.45, 7) is 5.31. The van der Waals surface area contributed by atoms with Crippen LogP contribution in [0.1, 0.15) is 27.2 Å². The number of hydrogen-bond acceptors (Lipinski definition) is 5. The largest absolute Gasteiger partial charge is 0.481 e. The maximum Gasteiger partial charge on any atom is 0.416 e. The Kier molecular flexibility index (Phi) is 4.65. The minimum absolute atomic E-state index is 0.0179. The van der Waals surface area contributed by atoms with Gasteiger partial charge in [-0.25, -0.2) is 9.78 Å². The lowest BCUT2D eigenvalue weighted by Crippen LogP contribution is -2.38. The number of hydrogen-bond donors (Lipinski definition) is 1. The van der Waals surface area contributed by atoms with E-state index in [0.717, 1.165) is 10.2 Å². The first-order valence-electron chi connectivity index (χ1n) is 6.84. The molecule has 0 unspecified atom stereocenters. The molecule has 2 aromatic rings. The van der Waals surface area contributed by atoms with Gasteiger partial charge in [-0.1, -0.05) is 23.5 Å². The second kappa shape index (κ2) is 6.31. The Morgan fingerprint density at radius 2 is 2.00 bits per heavy atom. The molecule has 0 spiro atoms. The van der Waals surface area contributed by atoms with Crippen molar-refractivity contribution in [1.82, 2.24) is 4.98 Å². The molecular formula is C15H18N2O4S. The molecular weight excluding hydrogens is 304 g/mol. The lowest BCUT2D eigenvalue weighted by molar-refractivity contribution is -0.136. The Balaban J connectivity index is 2.30. The van der Waals surface area contributed by atoms with Crippen LogP contribution in [0.3, 0.4) is 0 Å². The average molecular weight is 322 g/mol. The molecule has 0 aliphatic carbocycles. The maximum absolute atomic E-state index is 12.3. The number of thiazole rings is 1. The van der Waals surface area contributed by atoms with Crippen molar-refractivity contribution in [3.8, 4) is 0 Å². The zero-order chi connectivity index (χ0) is 16.3. The van der Waals surface area contributed by atoms with Gasteiger partial charge in [0.05, 0.1) is 16.6 Å². The van der Waals surface area contributed by atoms with Crippen LogP contribution < -0.4 is 4.90 Å². The van der Waals surface area contributed by atoms with Gasteiger partial charge in [-0.3, -0.25) is 9.69 Å². The summed E-state index contributed by atoms with van der Waals surface area (Å²) in [7, 11) is 0. The fraction of sp³-hybridized carbons (Fsp3) is 0.400. The van der Waals surface area contributed by atoms with E-state index < -0.39 is 17.7 Å². The third kappa shape index (κ3) is 4.17. The van der Waals surface area contributed by atoms with Crippen molar-refractivity contribution in [3.05, 3.63) is 24.3 Å². The summed E-state index contributed by atoms with van der Waals surface area (Å²) in [5, 5.41) is 9.31. The van der Waals surface area contributed by atoms with Crippen LogP contribution >= 0.6 is 11.3 Å². The van der Waals surface area contributed by atoms with Crippen LogP contribution in [0.5, 0.6) is 0 Å². The van der Waals surface area contributed by atoms with Crippen molar-refractivity contribution in [2.24, 2.45) is 0 Å². The van der Waals surface area contributed by atoms with Gasteiger partial charge in [-0.2, -0.15) is 0 Å². The highest BCUT2D eigenvalue weighted by Crippen LogP contribution is 2.29. The molecule has 22 heavy (non-hydrogen) atoms. The van der Waals surface area contributed by atoms with E-state index in [4.69, 9.17) is 9.84 Å². The number of para-hydroxylation sites is 1. The molecule has 2 rings (SSSR count). The fourth-order valence-electron chi connectivity index (χ4n) is 1.76. The second-order valence-electron chi connectivity index (χ2n) is 5.74. The highest BCUT2D eigenvalue weighted by Gasteiger charge is 2.26. The number of aliphatic carboxylic acids is 1. The first kappa shape index (κ1) is 16.2. The predicted molar refractivity (Wildman–Crippen MR) is 85.5 cm³/mol. The number of anilines is 1. The van der Waals surface area contributed by atoms with Gasteiger partial charge < -0.3 is 9.84 Å². The molecule has 6 nitrogen and oxygen atoms in total. The molecule has 0 aliphatic rings. The smallest absolute Gasteiger partial charge is 0.416 e. The van der Waals surface area contributed by atoms with Crippen LogP contribution in [0.15, 0.2) is 24.3 Å². The number of nitrogens with zero attached hydrogens (tertiary/aromatic N) is 2. The van der Waals surface area contributed by atoms with E-state index in [1.54, 1.807) is 20.8 Å². The zero-order valence-electron chi connectivity index (χ0n) is 12.7. The Morgan fingerprint density at radius 1 is 1.32 bits per heavy atom. The number of ether oxygens (including phenoxy) is 1. The Bertz CT molecular complexity index is 657. The van der Waals surface area contributed by atoms with Crippen LogP contribution in [0.25, 0.3) is 10.2 Å². The number of benzene rings is 1. The van der Waals surface area contributed by atoms with Crippen molar-refractivity contribution in [3.63, 3.8) is 0 Å². The normalized spacial score (nSPS) is 11.4. The van der Waals surface area contributed by atoms with Crippen LogP contribution in [0.4, 0.5) is 9.93 Å².